The maximum absolute atomic E-state index is 4.28. The van der Waals surface area contributed by atoms with Crippen LogP contribution in [0.1, 0.15) is 23.6 Å². The molecular formula is C24H26N2. The maximum atomic E-state index is 4.28. The summed E-state index contributed by atoms with van der Waals surface area (Å²) in [6.45, 7) is 15.7. The molecule has 1 aromatic carbocycles. The molecular weight excluding hydrogens is 316 g/mol. The molecule has 0 aliphatic carbocycles. The fourth-order valence-electron chi connectivity index (χ4n) is 4.01. The van der Waals surface area contributed by atoms with E-state index >= 15 is 0 Å². The standard InChI is InChI=1S/C24H26N2/c1-17(2)23-14-22(24-7-5-6-11-26(24)19(23)4)16-25-12-10-20-13-18(3)8-9-21(20)15-25/h5-9,11,13-14H,1,4,10,12,15-16H2,2-3H3. The third-order valence-corrected chi connectivity index (χ3v) is 5.42. The number of hydrogen-bond acceptors (Lipinski definition) is 2. The van der Waals surface area contributed by atoms with Crippen LogP contribution in [0.4, 0.5) is 0 Å². The fraction of sp³-hybridized carbons (Fsp3) is 0.250. The molecule has 0 N–H and O–H groups in total. The third kappa shape index (κ3) is 3.02. The second kappa shape index (κ2) is 6.62. The number of aryl methyl sites for hydroxylation is 1. The van der Waals surface area contributed by atoms with Gasteiger partial charge in [-0.05, 0) is 60.8 Å². The Hall–Kier alpha value is -2.58. The van der Waals surface area contributed by atoms with Gasteiger partial charge in [-0.3, -0.25) is 4.90 Å². The molecule has 4 rings (SSSR count). The predicted octanol–water partition coefficient (Wildman–Crippen LogP) is 5.02. The van der Waals surface area contributed by atoms with Crippen LogP contribution in [-0.4, -0.2) is 22.9 Å². The van der Waals surface area contributed by atoms with Gasteiger partial charge in [-0.1, -0.05) is 43.0 Å². The Labute approximate surface area is 156 Å². The average Bonchev–Trinajstić information content (AvgIpc) is 2.64. The lowest BCUT2D eigenvalue weighted by Crippen LogP contribution is -2.34. The fourth-order valence-corrected chi connectivity index (χ4v) is 4.01. The van der Waals surface area contributed by atoms with Gasteiger partial charge in [-0.2, -0.15) is 0 Å². The van der Waals surface area contributed by atoms with Crippen LogP contribution < -0.4 is 0 Å². The molecule has 0 atom stereocenters. The van der Waals surface area contributed by atoms with E-state index in [1.165, 1.54) is 28.0 Å². The van der Waals surface area contributed by atoms with E-state index in [0.717, 1.165) is 42.9 Å². The summed E-state index contributed by atoms with van der Waals surface area (Å²) in [6.07, 6.45) is 11.9. The number of nitrogens with zero attached hydrogens (tertiary/aromatic N) is 2. The topological polar surface area (TPSA) is 6.48 Å². The van der Waals surface area contributed by atoms with Crippen LogP contribution in [-0.2, 0) is 13.0 Å². The Balaban J connectivity index is 1.63. The van der Waals surface area contributed by atoms with Crippen LogP contribution in [0, 0.1) is 6.92 Å². The van der Waals surface area contributed by atoms with E-state index in [1.54, 1.807) is 0 Å². The zero-order valence-corrected chi connectivity index (χ0v) is 15.8. The van der Waals surface area contributed by atoms with Crippen LogP contribution in [0.25, 0.3) is 0 Å². The molecule has 3 aliphatic heterocycles. The van der Waals surface area contributed by atoms with E-state index in [4.69, 9.17) is 0 Å². The van der Waals surface area contributed by atoms with Crippen LogP contribution >= 0.6 is 0 Å². The van der Waals surface area contributed by atoms with Crippen molar-refractivity contribution in [1.29, 1.82) is 0 Å². The Morgan fingerprint density at radius 2 is 2.04 bits per heavy atom. The normalized spacial score (nSPS) is 19.4. The van der Waals surface area contributed by atoms with Gasteiger partial charge in [0.05, 0.1) is 5.70 Å². The van der Waals surface area contributed by atoms with Crippen LogP contribution in [0.15, 0.2) is 90.0 Å². The zero-order chi connectivity index (χ0) is 18.3. The second-order valence-electron chi connectivity index (χ2n) is 7.50. The first kappa shape index (κ1) is 16.9. The maximum Gasteiger partial charge on any atom is 0.0500 e. The summed E-state index contributed by atoms with van der Waals surface area (Å²) in [5.41, 5.74) is 10.1. The highest BCUT2D eigenvalue weighted by molar-refractivity contribution is 5.57. The largest absolute Gasteiger partial charge is 0.317 e. The van der Waals surface area contributed by atoms with Gasteiger partial charge in [-0.25, -0.2) is 0 Å². The Bertz CT molecular complexity index is 908. The highest BCUT2D eigenvalue weighted by Gasteiger charge is 2.25. The molecule has 26 heavy (non-hydrogen) atoms. The van der Waals surface area contributed by atoms with E-state index in [9.17, 15) is 0 Å². The molecule has 0 saturated heterocycles. The first-order valence-corrected chi connectivity index (χ1v) is 9.28. The van der Waals surface area contributed by atoms with Gasteiger partial charge in [0, 0.05) is 37.1 Å². The Morgan fingerprint density at radius 3 is 2.85 bits per heavy atom. The van der Waals surface area contributed by atoms with Gasteiger partial charge < -0.3 is 4.90 Å². The highest BCUT2D eigenvalue weighted by Crippen LogP contribution is 2.35. The molecule has 2 nitrogen and oxygen atoms in total. The lowest BCUT2D eigenvalue weighted by molar-refractivity contribution is 0.275. The van der Waals surface area contributed by atoms with Gasteiger partial charge in [0.1, 0.15) is 0 Å². The minimum absolute atomic E-state index is 0.946. The summed E-state index contributed by atoms with van der Waals surface area (Å²) in [4.78, 5) is 4.74. The molecule has 2 heteroatoms. The third-order valence-electron chi connectivity index (χ3n) is 5.42. The predicted molar refractivity (Wildman–Crippen MR) is 109 cm³/mol. The molecule has 0 amide bonds. The van der Waals surface area contributed by atoms with Crippen molar-refractivity contribution in [3.63, 3.8) is 0 Å². The monoisotopic (exact) mass is 342 g/mol. The number of hydrogen-bond donors (Lipinski definition) is 0. The Kier molecular flexibility index (Phi) is 4.29. The quantitative estimate of drug-likeness (QED) is 0.761. The average molecular weight is 342 g/mol. The molecule has 0 aromatic heterocycles. The van der Waals surface area contributed by atoms with Gasteiger partial charge in [0.15, 0.2) is 0 Å². The van der Waals surface area contributed by atoms with Crippen molar-refractivity contribution in [3.05, 3.63) is 107 Å². The molecule has 132 valence electrons. The molecule has 3 heterocycles. The lowest BCUT2D eigenvalue weighted by atomic mass is 9.93. The molecule has 0 fully saturated rings. The molecule has 1 aromatic rings. The van der Waals surface area contributed by atoms with Crippen molar-refractivity contribution in [2.75, 3.05) is 13.1 Å². The summed E-state index contributed by atoms with van der Waals surface area (Å²) < 4.78 is 0. The number of allylic oxidation sites excluding steroid dienone is 4. The van der Waals surface area contributed by atoms with Gasteiger partial charge in [0.25, 0.3) is 0 Å². The summed E-state index contributed by atoms with van der Waals surface area (Å²) in [5, 5.41) is 0. The van der Waals surface area contributed by atoms with Crippen molar-refractivity contribution < 1.29 is 0 Å². The zero-order valence-electron chi connectivity index (χ0n) is 15.8. The van der Waals surface area contributed by atoms with Crippen LogP contribution in [0.2, 0.25) is 0 Å². The minimum atomic E-state index is 0.946. The lowest BCUT2D eigenvalue weighted by Gasteiger charge is -2.36. The summed E-state index contributed by atoms with van der Waals surface area (Å²) in [7, 11) is 0. The van der Waals surface area contributed by atoms with Crippen molar-refractivity contribution in [1.82, 2.24) is 9.80 Å². The van der Waals surface area contributed by atoms with Crippen LogP contribution in [0.3, 0.4) is 0 Å². The first-order valence-electron chi connectivity index (χ1n) is 9.28. The van der Waals surface area contributed by atoms with E-state index in [0.29, 0.717) is 0 Å². The van der Waals surface area contributed by atoms with Gasteiger partial charge in [-0.15, -0.1) is 0 Å². The summed E-state index contributed by atoms with van der Waals surface area (Å²) in [5.74, 6) is 0. The van der Waals surface area contributed by atoms with Gasteiger partial charge in [0.2, 0.25) is 0 Å². The highest BCUT2D eigenvalue weighted by atomic mass is 15.2. The molecule has 0 radical (unpaired) electrons. The van der Waals surface area contributed by atoms with Crippen molar-refractivity contribution in [3.8, 4) is 0 Å². The number of rotatable bonds is 3. The van der Waals surface area contributed by atoms with Crippen molar-refractivity contribution >= 4 is 0 Å². The van der Waals surface area contributed by atoms with Gasteiger partial charge >= 0.3 is 0 Å². The molecule has 0 saturated carbocycles. The second-order valence-corrected chi connectivity index (χ2v) is 7.50. The van der Waals surface area contributed by atoms with E-state index in [1.807, 2.05) is 0 Å². The van der Waals surface area contributed by atoms with Crippen molar-refractivity contribution in [2.45, 2.75) is 26.8 Å². The SMILES string of the molecule is C=C(C)C1=CC(CN2CCc3cc(C)ccc3C2)=C2C=CC=CN2C1=C. The molecule has 0 spiro atoms. The first-order chi connectivity index (χ1) is 12.5. The number of fused-ring (bicyclic) bond motifs is 2. The van der Waals surface area contributed by atoms with E-state index in [2.05, 4.69) is 85.5 Å². The molecule has 0 unspecified atom stereocenters. The smallest absolute Gasteiger partial charge is 0.0500 e. The molecule has 3 aliphatic rings. The van der Waals surface area contributed by atoms with Crippen LogP contribution in [0.5, 0.6) is 0 Å². The Morgan fingerprint density at radius 1 is 1.19 bits per heavy atom. The minimum Gasteiger partial charge on any atom is -0.317 e. The molecule has 0 bridgehead atoms. The van der Waals surface area contributed by atoms with E-state index in [-0.39, 0.29) is 0 Å². The summed E-state index contributed by atoms with van der Waals surface area (Å²) >= 11 is 0. The summed E-state index contributed by atoms with van der Waals surface area (Å²) in [6, 6.07) is 6.86. The van der Waals surface area contributed by atoms with Crippen molar-refractivity contribution in [2.24, 2.45) is 0 Å². The van der Waals surface area contributed by atoms with E-state index < -0.39 is 0 Å². The number of benzene rings is 1.